The fourth-order valence-electron chi connectivity index (χ4n) is 5.15. The molecule has 2 atom stereocenters. The van der Waals surface area contributed by atoms with Crippen molar-refractivity contribution in [3.05, 3.63) is 99.8 Å². The summed E-state index contributed by atoms with van der Waals surface area (Å²) < 4.78 is 30.8. The van der Waals surface area contributed by atoms with Crippen LogP contribution in [0, 0.1) is 6.92 Å². The number of benzene rings is 3. The predicted octanol–water partition coefficient (Wildman–Crippen LogP) is 4.94. The van der Waals surface area contributed by atoms with E-state index in [1.807, 2.05) is 55.6 Å². The molecule has 9 heteroatoms. The molecule has 0 radical (unpaired) electrons. The Labute approximate surface area is 216 Å². The van der Waals surface area contributed by atoms with E-state index in [0.29, 0.717) is 5.69 Å². The number of rotatable bonds is 4. The summed E-state index contributed by atoms with van der Waals surface area (Å²) >= 11 is 3.68. The molecule has 5 aromatic rings. The van der Waals surface area contributed by atoms with Gasteiger partial charge in [-0.3, -0.25) is 4.79 Å². The van der Waals surface area contributed by atoms with E-state index in [1.165, 1.54) is 0 Å². The van der Waals surface area contributed by atoms with Crippen LogP contribution in [0.5, 0.6) is 0 Å². The number of hydrogen-bond donors (Lipinski definition) is 4. The molecule has 0 unspecified atom stereocenters. The first-order valence-electron chi connectivity index (χ1n) is 11.6. The van der Waals surface area contributed by atoms with Gasteiger partial charge in [-0.05, 0) is 48.4 Å². The SMILES string of the molecule is Cc1ccc(S(=O)(=O)N[C@@H]2CNC(=O)c3[nH]c4ccccc4c3[C@H]2c2c[nH]c3cccc(Br)c23)cc1. The highest BCUT2D eigenvalue weighted by molar-refractivity contribution is 9.10. The minimum Gasteiger partial charge on any atom is -0.361 e. The van der Waals surface area contributed by atoms with E-state index in [1.54, 1.807) is 24.3 Å². The number of sulfonamides is 1. The smallest absolute Gasteiger partial charge is 0.268 e. The van der Waals surface area contributed by atoms with Crippen LogP contribution in [0.15, 0.2) is 82.3 Å². The molecule has 7 nitrogen and oxygen atoms in total. The lowest BCUT2D eigenvalue weighted by atomic mass is 9.84. The number of carbonyl (C=O) groups excluding carboxylic acids is 1. The van der Waals surface area contributed by atoms with Crippen molar-refractivity contribution in [2.45, 2.75) is 23.8 Å². The first-order valence-corrected chi connectivity index (χ1v) is 13.8. The second kappa shape index (κ2) is 8.62. The Morgan fingerprint density at radius 2 is 1.72 bits per heavy atom. The maximum Gasteiger partial charge on any atom is 0.268 e. The first kappa shape index (κ1) is 23.0. The summed E-state index contributed by atoms with van der Waals surface area (Å²) in [5, 5.41) is 4.77. The molecular formula is C27H23BrN4O3S. The van der Waals surface area contributed by atoms with Crippen molar-refractivity contribution in [1.82, 2.24) is 20.0 Å². The van der Waals surface area contributed by atoms with E-state index in [9.17, 15) is 13.2 Å². The largest absolute Gasteiger partial charge is 0.361 e. The van der Waals surface area contributed by atoms with Crippen LogP contribution in [-0.2, 0) is 10.0 Å². The second-order valence-electron chi connectivity index (χ2n) is 9.09. The molecule has 2 aromatic heterocycles. The highest BCUT2D eigenvalue weighted by atomic mass is 79.9. The molecule has 3 aromatic carbocycles. The molecule has 0 spiro atoms. The third-order valence-electron chi connectivity index (χ3n) is 6.83. The molecule has 0 bridgehead atoms. The number of aromatic nitrogens is 2. The predicted molar refractivity (Wildman–Crippen MR) is 144 cm³/mol. The number of halogens is 1. The molecular weight excluding hydrogens is 540 g/mol. The quantitative estimate of drug-likeness (QED) is 0.249. The second-order valence-corrected chi connectivity index (χ2v) is 11.7. The molecule has 1 aliphatic heterocycles. The molecule has 0 saturated carbocycles. The summed E-state index contributed by atoms with van der Waals surface area (Å²) in [4.78, 5) is 20.0. The van der Waals surface area contributed by atoms with Crippen molar-refractivity contribution in [2.75, 3.05) is 6.54 Å². The Morgan fingerprint density at radius 3 is 2.53 bits per heavy atom. The van der Waals surface area contributed by atoms with E-state index < -0.39 is 22.0 Å². The molecule has 0 fully saturated rings. The van der Waals surface area contributed by atoms with Gasteiger partial charge in [-0.25, -0.2) is 13.1 Å². The Hall–Kier alpha value is -3.40. The molecule has 182 valence electrons. The number of para-hydroxylation sites is 1. The van der Waals surface area contributed by atoms with Crippen molar-refractivity contribution < 1.29 is 13.2 Å². The number of aryl methyl sites for hydroxylation is 1. The normalized spacial score (nSPS) is 18.2. The van der Waals surface area contributed by atoms with Gasteiger partial charge in [0.2, 0.25) is 10.0 Å². The Bertz CT molecular complexity index is 1740. The van der Waals surface area contributed by atoms with Crippen LogP contribution in [0.4, 0.5) is 0 Å². The Balaban J connectivity index is 1.58. The molecule has 3 heterocycles. The summed E-state index contributed by atoms with van der Waals surface area (Å²) in [5.41, 5.74) is 4.83. The summed E-state index contributed by atoms with van der Waals surface area (Å²) in [6.07, 6.45) is 1.91. The Morgan fingerprint density at radius 1 is 0.972 bits per heavy atom. The van der Waals surface area contributed by atoms with E-state index in [4.69, 9.17) is 0 Å². The van der Waals surface area contributed by atoms with Crippen LogP contribution >= 0.6 is 15.9 Å². The first-order chi connectivity index (χ1) is 17.3. The number of carbonyl (C=O) groups is 1. The van der Waals surface area contributed by atoms with Crippen LogP contribution < -0.4 is 10.0 Å². The fourth-order valence-corrected chi connectivity index (χ4v) is 7.00. The molecule has 36 heavy (non-hydrogen) atoms. The van der Waals surface area contributed by atoms with E-state index >= 15 is 0 Å². The zero-order valence-corrected chi connectivity index (χ0v) is 21.7. The van der Waals surface area contributed by atoms with Gasteiger partial charge in [-0.2, -0.15) is 0 Å². The maximum atomic E-state index is 13.5. The van der Waals surface area contributed by atoms with Crippen molar-refractivity contribution in [2.24, 2.45) is 0 Å². The monoisotopic (exact) mass is 562 g/mol. The minimum atomic E-state index is -3.87. The van der Waals surface area contributed by atoms with Gasteiger partial charge in [0.15, 0.2) is 0 Å². The topological polar surface area (TPSA) is 107 Å². The Kier molecular flexibility index (Phi) is 5.51. The van der Waals surface area contributed by atoms with Gasteiger partial charge in [-0.15, -0.1) is 0 Å². The molecule has 0 aliphatic carbocycles. The highest BCUT2D eigenvalue weighted by Gasteiger charge is 2.38. The number of nitrogens with one attached hydrogen (secondary N) is 4. The van der Waals surface area contributed by atoms with Gasteiger partial charge in [0.1, 0.15) is 5.69 Å². The van der Waals surface area contributed by atoms with Gasteiger partial charge < -0.3 is 15.3 Å². The van der Waals surface area contributed by atoms with Crippen LogP contribution in [0.1, 0.15) is 33.1 Å². The van der Waals surface area contributed by atoms with Crippen molar-refractivity contribution >= 4 is 53.7 Å². The lowest BCUT2D eigenvalue weighted by molar-refractivity contribution is 0.0950. The van der Waals surface area contributed by atoms with E-state index in [2.05, 4.69) is 35.9 Å². The third-order valence-corrected chi connectivity index (χ3v) is 8.99. The molecule has 4 N–H and O–H groups in total. The minimum absolute atomic E-state index is 0.128. The third kappa shape index (κ3) is 3.75. The molecule has 0 saturated heterocycles. The average molecular weight is 563 g/mol. The fraction of sp³-hybridized carbons (Fsp3) is 0.148. The zero-order chi connectivity index (χ0) is 25.0. The van der Waals surface area contributed by atoms with Crippen molar-refractivity contribution in [1.29, 1.82) is 0 Å². The van der Waals surface area contributed by atoms with Crippen LogP contribution in [0.2, 0.25) is 0 Å². The molecule has 1 amide bonds. The number of H-pyrrole nitrogens is 2. The highest BCUT2D eigenvalue weighted by Crippen LogP contribution is 2.42. The number of hydrogen-bond acceptors (Lipinski definition) is 3. The van der Waals surface area contributed by atoms with Crippen LogP contribution in [0.25, 0.3) is 21.8 Å². The van der Waals surface area contributed by atoms with Gasteiger partial charge >= 0.3 is 0 Å². The maximum absolute atomic E-state index is 13.5. The summed E-state index contributed by atoms with van der Waals surface area (Å²) in [6.45, 7) is 2.04. The number of fused-ring (bicyclic) bond motifs is 4. The van der Waals surface area contributed by atoms with Crippen LogP contribution in [-0.4, -0.2) is 36.9 Å². The van der Waals surface area contributed by atoms with Gasteiger partial charge in [-0.1, -0.05) is 57.9 Å². The zero-order valence-electron chi connectivity index (χ0n) is 19.3. The molecule has 1 aliphatic rings. The lowest BCUT2D eigenvalue weighted by Gasteiger charge is -2.27. The van der Waals surface area contributed by atoms with E-state index in [0.717, 1.165) is 43.0 Å². The van der Waals surface area contributed by atoms with Crippen molar-refractivity contribution in [3.8, 4) is 0 Å². The number of amides is 1. The summed E-state index contributed by atoms with van der Waals surface area (Å²) in [5.74, 6) is -0.718. The lowest BCUT2D eigenvalue weighted by Crippen LogP contribution is -2.45. The molecule has 6 rings (SSSR count). The van der Waals surface area contributed by atoms with Gasteiger partial charge in [0, 0.05) is 44.9 Å². The average Bonchev–Trinajstić information content (AvgIpc) is 3.43. The van der Waals surface area contributed by atoms with Crippen molar-refractivity contribution in [3.63, 3.8) is 0 Å². The standard InChI is InChI=1S/C27H23BrN4O3S/c1-15-9-11-16(12-10-15)36(34,35)32-22-14-30-27(33)26-25(17-5-2-3-7-20(17)31-26)24(22)18-13-29-21-8-4-6-19(28)23(18)21/h2-13,22,24,29,31-32H,14H2,1H3,(H,30,33)/t22-,24+/m1/s1. The van der Waals surface area contributed by atoms with Gasteiger partial charge in [0.05, 0.1) is 10.9 Å². The van der Waals surface area contributed by atoms with E-state index in [-0.39, 0.29) is 17.3 Å². The summed E-state index contributed by atoms with van der Waals surface area (Å²) in [6, 6.07) is 19.7. The number of aromatic amines is 2. The van der Waals surface area contributed by atoms with Crippen LogP contribution in [0.3, 0.4) is 0 Å². The summed E-state index contributed by atoms with van der Waals surface area (Å²) in [7, 11) is -3.87. The van der Waals surface area contributed by atoms with Gasteiger partial charge in [0.25, 0.3) is 5.91 Å².